The summed E-state index contributed by atoms with van der Waals surface area (Å²) in [5.41, 5.74) is 1.79. The molecule has 2 fully saturated rings. The second-order valence-electron chi connectivity index (χ2n) is 6.50. The quantitative estimate of drug-likeness (QED) is 0.562. The number of fused-ring (bicyclic) bond motifs is 5. The molecule has 1 saturated heterocycles. The van der Waals surface area contributed by atoms with Gasteiger partial charge in [-0.2, -0.15) is 5.10 Å². The average Bonchev–Trinajstić information content (AvgIpc) is 3.23. The third-order valence-electron chi connectivity index (χ3n) is 5.13. The van der Waals surface area contributed by atoms with Crippen molar-refractivity contribution < 1.29 is 33.9 Å². The minimum absolute atomic E-state index is 0.0193. The maximum atomic E-state index is 12.3. The maximum absolute atomic E-state index is 12.3. The second kappa shape index (κ2) is 6.45. The first-order valence-corrected chi connectivity index (χ1v) is 8.33. The largest absolute Gasteiger partial charge is 0.465 e. The smallest absolute Gasteiger partial charge is 0.361 e. The van der Waals surface area contributed by atoms with Gasteiger partial charge in [0.1, 0.15) is 12.2 Å². The minimum Gasteiger partial charge on any atom is -0.465 e. The number of rotatable bonds is 3. The van der Waals surface area contributed by atoms with Crippen molar-refractivity contribution >= 4 is 23.7 Å². The molecule has 1 aromatic rings. The van der Waals surface area contributed by atoms with E-state index in [-0.39, 0.29) is 5.71 Å². The van der Waals surface area contributed by atoms with Crippen molar-refractivity contribution in [1.29, 1.82) is 0 Å². The number of nitrogens with zero attached hydrogens (tertiary/aromatic N) is 1. The zero-order valence-electron chi connectivity index (χ0n) is 14.6. The van der Waals surface area contributed by atoms with Crippen molar-refractivity contribution in [3.8, 4) is 0 Å². The first-order valence-electron chi connectivity index (χ1n) is 8.33. The van der Waals surface area contributed by atoms with Crippen LogP contribution in [0.25, 0.3) is 6.08 Å². The van der Waals surface area contributed by atoms with E-state index in [4.69, 9.17) is 19.2 Å². The van der Waals surface area contributed by atoms with Gasteiger partial charge in [-0.05, 0) is 11.1 Å². The summed E-state index contributed by atoms with van der Waals surface area (Å²) in [6.07, 6.45) is 0.385. The van der Waals surface area contributed by atoms with Gasteiger partial charge in [0.2, 0.25) is 0 Å². The van der Waals surface area contributed by atoms with E-state index in [0.717, 1.165) is 12.7 Å². The van der Waals surface area contributed by atoms with Crippen LogP contribution in [-0.4, -0.2) is 54.9 Å². The van der Waals surface area contributed by atoms with Crippen LogP contribution in [0.3, 0.4) is 0 Å². The monoisotopic (exact) mass is 374 g/mol. The van der Waals surface area contributed by atoms with E-state index in [2.05, 4.69) is 10.5 Å². The van der Waals surface area contributed by atoms with Crippen LogP contribution < -0.4 is 5.43 Å². The number of carbonyl (C=O) groups is 2. The first-order chi connectivity index (χ1) is 13.0. The lowest BCUT2D eigenvalue weighted by Gasteiger charge is -2.41. The van der Waals surface area contributed by atoms with E-state index in [1.165, 1.54) is 7.11 Å². The molecule has 9 nitrogen and oxygen atoms in total. The molecule has 5 atom stereocenters. The maximum Gasteiger partial charge on any atom is 0.361 e. The van der Waals surface area contributed by atoms with Gasteiger partial charge in [0.15, 0.2) is 5.71 Å². The minimum atomic E-state index is -2.17. The fourth-order valence-corrected chi connectivity index (χ4v) is 3.92. The van der Waals surface area contributed by atoms with Gasteiger partial charge in [-0.3, -0.25) is 5.43 Å². The van der Waals surface area contributed by atoms with Crippen LogP contribution in [-0.2, 0) is 28.8 Å². The van der Waals surface area contributed by atoms with Crippen molar-refractivity contribution in [2.75, 3.05) is 14.2 Å². The fraction of sp³-hybridized carbons (Fsp3) is 0.389. The highest BCUT2D eigenvalue weighted by atomic mass is 17.2. The van der Waals surface area contributed by atoms with E-state index in [1.54, 1.807) is 0 Å². The molecule has 9 heteroatoms. The predicted molar refractivity (Wildman–Crippen MR) is 90.7 cm³/mol. The van der Waals surface area contributed by atoms with Crippen LogP contribution in [0.1, 0.15) is 5.56 Å². The van der Waals surface area contributed by atoms with Gasteiger partial charge in [-0.25, -0.2) is 19.4 Å². The Bertz CT molecular complexity index is 837. The highest BCUT2D eigenvalue weighted by Gasteiger charge is 2.68. The van der Waals surface area contributed by atoms with E-state index in [1.807, 2.05) is 36.4 Å². The second-order valence-corrected chi connectivity index (χ2v) is 6.50. The number of hydrogen-bond donors (Lipinski definition) is 2. The Kier molecular flexibility index (Phi) is 4.22. The molecule has 5 unspecified atom stereocenters. The molecule has 1 saturated carbocycles. The zero-order valence-corrected chi connectivity index (χ0v) is 14.6. The normalized spacial score (nSPS) is 35.2. The summed E-state index contributed by atoms with van der Waals surface area (Å²) >= 11 is 0. The fourth-order valence-electron chi connectivity index (χ4n) is 3.92. The highest BCUT2D eigenvalue weighted by molar-refractivity contribution is 6.38. The molecule has 0 aromatic heterocycles. The Labute approximate surface area is 154 Å². The molecule has 0 amide bonds. The van der Waals surface area contributed by atoms with Gasteiger partial charge >= 0.3 is 11.9 Å². The molecule has 0 radical (unpaired) electrons. The van der Waals surface area contributed by atoms with Gasteiger partial charge in [-0.15, -0.1) is 0 Å². The Morgan fingerprint density at radius 2 is 1.89 bits per heavy atom. The van der Waals surface area contributed by atoms with Crippen molar-refractivity contribution in [2.24, 2.45) is 16.9 Å². The molecule has 0 spiro atoms. The molecule has 142 valence electrons. The summed E-state index contributed by atoms with van der Waals surface area (Å²) in [7, 11) is 2.38. The molecule has 1 aromatic carbocycles. The van der Waals surface area contributed by atoms with Gasteiger partial charge in [-0.1, -0.05) is 36.4 Å². The number of hydrogen-bond acceptors (Lipinski definition) is 9. The summed E-state index contributed by atoms with van der Waals surface area (Å²) in [4.78, 5) is 35.2. The van der Waals surface area contributed by atoms with Gasteiger partial charge in [0.05, 0.1) is 26.1 Å². The summed E-state index contributed by atoms with van der Waals surface area (Å²) in [6, 6.07) is 9.44. The number of aliphatic hydroxyl groups is 1. The molecule has 27 heavy (non-hydrogen) atoms. The lowest BCUT2D eigenvalue weighted by Crippen LogP contribution is -2.66. The van der Waals surface area contributed by atoms with Crippen LogP contribution >= 0.6 is 0 Å². The topological polar surface area (TPSA) is 116 Å². The summed E-state index contributed by atoms with van der Waals surface area (Å²) < 4.78 is 9.52. The SMILES string of the molecule is COC(=O)C1=NNC(O)(C(=O)OC)C2C3OOC(/C3=C\c3ccccc3)C12. The van der Waals surface area contributed by atoms with Crippen LogP contribution in [0.5, 0.6) is 0 Å². The Hall–Kier alpha value is -2.75. The Balaban J connectivity index is 1.81. The molecule has 1 aliphatic carbocycles. The van der Waals surface area contributed by atoms with Gasteiger partial charge in [0.25, 0.3) is 5.72 Å². The molecule has 3 aliphatic rings. The molecule has 2 aliphatic heterocycles. The van der Waals surface area contributed by atoms with Crippen molar-refractivity contribution in [3.63, 3.8) is 0 Å². The lowest BCUT2D eigenvalue weighted by atomic mass is 9.79. The summed E-state index contributed by atoms with van der Waals surface area (Å²) in [6.45, 7) is 0. The van der Waals surface area contributed by atoms with E-state index >= 15 is 0 Å². The highest BCUT2D eigenvalue weighted by Crippen LogP contribution is 2.52. The number of ether oxygens (including phenoxy) is 2. The van der Waals surface area contributed by atoms with E-state index < -0.39 is 41.7 Å². The molecular weight excluding hydrogens is 356 g/mol. The van der Waals surface area contributed by atoms with Crippen LogP contribution in [0.4, 0.5) is 0 Å². The number of hydrazone groups is 1. The number of esters is 2. The Morgan fingerprint density at radius 3 is 2.56 bits per heavy atom. The zero-order chi connectivity index (χ0) is 19.2. The predicted octanol–water partition coefficient (Wildman–Crippen LogP) is 0.00880. The molecule has 2 N–H and O–H groups in total. The van der Waals surface area contributed by atoms with Crippen molar-refractivity contribution in [3.05, 3.63) is 41.5 Å². The van der Waals surface area contributed by atoms with Gasteiger partial charge < -0.3 is 14.6 Å². The number of methoxy groups -OCH3 is 2. The number of benzene rings is 1. The number of carbonyl (C=O) groups excluding carboxylic acids is 2. The number of nitrogens with one attached hydrogen (secondary N) is 1. The standard InChI is InChI=1S/C18H18N2O7/c1-24-16(21)13-11-12(18(23,20-19-13)17(22)25-2)15-10(14(11)26-27-15)8-9-6-4-3-5-7-9/h3-8,11-12,14-15,20,23H,1-2H3/b10-8+. The van der Waals surface area contributed by atoms with Crippen molar-refractivity contribution in [2.45, 2.75) is 17.9 Å². The van der Waals surface area contributed by atoms with Gasteiger partial charge in [0, 0.05) is 0 Å². The van der Waals surface area contributed by atoms with Crippen LogP contribution in [0.2, 0.25) is 0 Å². The van der Waals surface area contributed by atoms with E-state index in [9.17, 15) is 14.7 Å². The molecule has 2 bridgehead atoms. The third kappa shape index (κ3) is 2.54. The van der Waals surface area contributed by atoms with Crippen molar-refractivity contribution in [1.82, 2.24) is 5.43 Å². The first kappa shape index (κ1) is 17.7. The third-order valence-corrected chi connectivity index (χ3v) is 5.13. The van der Waals surface area contributed by atoms with E-state index in [0.29, 0.717) is 5.57 Å². The van der Waals surface area contributed by atoms with Crippen LogP contribution in [0, 0.1) is 11.8 Å². The molecule has 4 rings (SSSR count). The summed E-state index contributed by atoms with van der Waals surface area (Å²) in [5.74, 6) is -3.23. The van der Waals surface area contributed by atoms with Crippen LogP contribution in [0.15, 0.2) is 41.0 Å². The molecular formula is C18H18N2O7. The summed E-state index contributed by atoms with van der Waals surface area (Å²) in [5, 5.41) is 14.9. The molecule has 2 heterocycles. The average molecular weight is 374 g/mol. The lowest BCUT2D eigenvalue weighted by molar-refractivity contribution is -0.348. The Morgan fingerprint density at radius 1 is 1.19 bits per heavy atom.